The molecule has 3 nitrogen and oxygen atoms in total. The zero-order valence-corrected chi connectivity index (χ0v) is 11.4. The lowest BCUT2D eigenvalue weighted by Gasteiger charge is -2.21. The molecule has 0 saturated carbocycles. The molecular weight excluding hydrogens is 232 g/mol. The first-order valence-electron chi connectivity index (χ1n) is 5.63. The van der Waals surface area contributed by atoms with E-state index in [2.05, 4.69) is 19.2 Å². The summed E-state index contributed by atoms with van der Waals surface area (Å²) in [7, 11) is 0. The van der Waals surface area contributed by atoms with Crippen molar-refractivity contribution in [1.82, 2.24) is 0 Å². The molecule has 0 spiro atoms. The van der Waals surface area contributed by atoms with Crippen molar-refractivity contribution in [2.75, 3.05) is 17.6 Å². The molecule has 1 aromatic rings. The summed E-state index contributed by atoms with van der Waals surface area (Å²) < 4.78 is 0. The lowest BCUT2D eigenvalue weighted by atomic mass is 9.97. The Hall–Kier alpha value is -1.00. The van der Waals surface area contributed by atoms with Crippen molar-refractivity contribution in [2.45, 2.75) is 25.7 Å². The third-order valence-corrected chi connectivity index (χ3v) is 3.89. The van der Waals surface area contributed by atoms with Crippen LogP contribution in [0.1, 0.15) is 20.8 Å². The van der Waals surface area contributed by atoms with Crippen LogP contribution in [0.2, 0.25) is 0 Å². The van der Waals surface area contributed by atoms with Crippen molar-refractivity contribution < 1.29 is 4.79 Å². The minimum Gasteiger partial charge on any atom is -0.330 e. The molecular formula is C13H20N2OS. The van der Waals surface area contributed by atoms with Gasteiger partial charge in [0.15, 0.2) is 0 Å². The van der Waals surface area contributed by atoms with Crippen LogP contribution >= 0.6 is 11.8 Å². The highest BCUT2D eigenvalue weighted by Crippen LogP contribution is 2.27. The van der Waals surface area contributed by atoms with Gasteiger partial charge in [-0.3, -0.25) is 4.79 Å². The number of anilines is 1. The lowest BCUT2D eigenvalue weighted by Crippen LogP contribution is -2.25. The van der Waals surface area contributed by atoms with Crippen LogP contribution in [0.3, 0.4) is 0 Å². The van der Waals surface area contributed by atoms with E-state index in [1.54, 1.807) is 11.8 Å². The van der Waals surface area contributed by atoms with Crippen LogP contribution in [0, 0.1) is 5.41 Å². The van der Waals surface area contributed by atoms with Crippen molar-refractivity contribution in [3.8, 4) is 0 Å². The topological polar surface area (TPSA) is 55.1 Å². The molecule has 1 rings (SSSR count). The van der Waals surface area contributed by atoms with E-state index in [0.29, 0.717) is 6.54 Å². The highest BCUT2D eigenvalue weighted by atomic mass is 32.2. The summed E-state index contributed by atoms with van der Waals surface area (Å²) >= 11 is 1.79. The molecule has 17 heavy (non-hydrogen) atoms. The molecule has 1 amide bonds. The van der Waals surface area contributed by atoms with Crippen LogP contribution in [-0.2, 0) is 4.79 Å². The predicted octanol–water partition coefficient (Wildman–Crippen LogP) is 2.72. The largest absolute Gasteiger partial charge is 0.330 e. The Morgan fingerprint density at radius 3 is 2.41 bits per heavy atom. The molecule has 0 radical (unpaired) electrons. The van der Waals surface area contributed by atoms with Gasteiger partial charge in [0, 0.05) is 23.3 Å². The van der Waals surface area contributed by atoms with Gasteiger partial charge in [-0.2, -0.15) is 0 Å². The lowest BCUT2D eigenvalue weighted by molar-refractivity contribution is -0.114. The molecule has 94 valence electrons. The molecule has 0 aromatic heterocycles. The van der Waals surface area contributed by atoms with Gasteiger partial charge >= 0.3 is 0 Å². The number of nitrogens with two attached hydrogens (primary N) is 1. The smallest absolute Gasteiger partial charge is 0.221 e. The average Bonchev–Trinajstić information content (AvgIpc) is 2.28. The normalized spacial score (nSPS) is 11.3. The molecule has 0 saturated heterocycles. The Morgan fingerprint density at radius 2 is 1.94 bits per heavy atom. The molecule has 3 N–H and O–H groups in total. The van der Waals surface area contributed by atoms with Crippen LogP contribution in [-0.4, -0.2) is 18.2 Å². The molecule has 1 aromatic carbocycles. The van der Waals surface area contributed by atoms with Crippen LogP contribution in [0.5, 0.6) is 0 Å². The first kappa shape index (κ1) is 14.1. The quantitative estimate of drug-likeness (QED) is 0.792. The summed E-state index contributed by atoms with van der Waals surface area (Å²) in [4.78, 5) is 12.1. The molecule has 0 aliphatic carbocycles. The standard InChI is InChI=1S/C13H20N2OS/c1-10(16)15-11-4-6-12(7-5-11)17-9-13(2,3)8-14/h4-7H,8-9,14H2,1-3H3,(H,15,16). The Bertz CT molecular complexity index is 374. The van der Waals surface area contributed by atoms with Gasteiger partial charge in [0.25, 0.3) is 0 Å². The van der Waals surface area contributed by atoms with E-state index in [0.717, 1.165) is 11.4 Å². The molecule has 0 fully saturated rings. The first-order valence-corrected chi connectivity index (χ1v) is 6.62. The van der Waals surface area contributed by atoms with Crippen LogP contribution in [0.15, 0.2) is 29.2 Å². The van der Waals surface area contributed by atoms with E-state index in [4.69, 9.17) is 5.73 Å². The number of amides is 1. The monoisotopic (exact) mass is 252 g/mol. The molecule has 0 bridgehead atoms. The van der Waals surface area contributed by atoms with Gasteiger partial charge in [-0.1, -0.05) is 13.8 Å². The number of nitrogens with one attached hydrogen (secondary N) is 1. The Morgan fingerprint density at radius 1 is 1.35 bits per heavy atom. The van der Waals surface area contributed by atoms with Crippen molar-refractivity contribution in [3.63, 3.8) is 0 Å². The number of carbonyl (C=O) groups is 1. The fourth-order valence-electron chi connectivity index (χ4n) is 1.18. The zero-order chi connectivity index (χ0) is 12.9. The second-order valence-corrected chi connectivity index (χ2v) is 5.91. The number of thioether (sulfide) groups is 1. The second kappa shape index (κ2) is 6.07. The van der Waals surface area contributed by atoms with Gasteiger partial charge in [0.05, 0.1) is 0 Å². The predicted molar refractivity (Wildman–Crippen MR) is 74.3 cm³/mol. The minimum atomic E-state index is -0.0466. The maximum Gasteiger partial charge on any atom is 0.221 e. The summed E-state index contributed by atoms with van der Waals surface area (Å²) in [5.41, 5.74) is 6.68. The summed E-state index contributed by atoms with van der Waals surface area (Å²) in [6, 6.07) is 7.86. The van der Waals surface area contributed by atoms with E-state index >= 15 is 0 Å². The van der Waals surface area contributed by atoms with Gasteiger partial charge < -0.3 is 11.1 Å². The summed E-state index contributed by atoms with van der Waals surface area (Å²) in [6.07, 6.45) is 0. The Kier molecular flexibility index (Phi) is 5.02. The fourth-order valence-corrected chi connectivity index (χ4v) is 2.18. The number of benzene rings is 1. The Labute approximate surface area is 107 Å². The molecule has 0 unspecified atom stereocenters. The minimum absolute atomic E-state index is 0.0466. The number of rotatable bonds is 5. The number of hydrogen-bond donors (Lipinski definition) is 2. The van der Waals surface area contributed by atoms with E-state index in [9.17, 15) is 4.79 Å². The van der Waals surface area contributed by atoms with Crippen LogP contribution < -0.4 is 11.1 Å². The van der Waals surface area contributed by atoms with Gasteiger partial charge in [0.2, 0.25) is 5.91 Å². The molecule has 0 atom stereocenters. The maximum absolute atomic E-state index is 10.9. The average molecular weight is 252 g/mol. The highest BCUT2D eigenvalue weighted by Gasteiger charge is 2.15. The van der Waals surface area contributed by atoms with Gasteiger partial charge in [-0.15, -0.1) is 11.8 Å². The van der Waals surface area contributed by atoms with E-state index in [1.807, 2.05) is 24.3 Å². The van der Waals surface area contributed by atoms with Crippen molar-refractivity contribution >= 4 is 23.4 Å². The number of hydrogen-bond acceptors (Lipinski definition) is 3. The van der Waals surface area contributed by atoms with E-state index in [-0.39, 0.29) is 11.3 Å². The SMILES string of the molecule is CC(=O)Nc1ccc(SCC(C)(C)CN)cc1. The molecule has 4 heteroatoms. The van der Waals surface area contributed by atoms with E-state index < -0.39 is 0 Å². The van der Waals surface area contributed by atoms with Crippen LogP contribution in [0.25, 0.3) is 0 Å². The molecule has 0 aliphatic rings. The third-order valence-electron chi connectivity index (χ3n) is 2.36. The third kappa shape index (κ3) is 5.24. The first-order chi connectivity index (χ1) is 7.93. The zero-order valence-electron chi connectivity index (χ0n) is 10.6. The van der Waals surface area contributed by atoms with Crippen molar-refractivity contribution in [2.24, 2.45) is 11.1 Å². The fraction of sp³-hybridized carbons (Fsp3) is 0.462. The number of carbonyl (C=O) groups excluding carboxylic acids is 1. The maximum atomic E-state index is 10.9. The van der Waals surface area contributed by atoms with Gasteiger partial charge in [-0.05, 0) is 36.2 Å². The van der Waals surface area contributed by atoms with Gasteiger partial charge in [-0.25, -0.2) is 0 Å². The van der Waals surface area contributed by atoms with Crippen molar-refractivity contribution in [1.29, 1.82) is 0 Å². The highest BCUT2D eigenvalue weighted by molar-refractivity contribution is 7.99. The molecule has 0 heterocycles. The van der Waals surface area contributed by atoms with Crippen molar-refractivity contribution in [3.05, 3.63) is 24.3 Å². The molecule has 0 aliphatic heterocycles. The van der Waals surface area contributed by atoms with E-state index in [1.165, 1.54) is 11.8 Å². The summed E-state index contributed by atoms with van der Waals surface area (Å²) in [6.45, 7) is 6.51. The summed E-state index contributed by atoms with van der Waals surface area (Å²) in [5.74, 6) is 0.942. The Balaban J connectivity index is 2.54. The van der Waals surface area contributed by atoms with Crippen LogP contribution in [0.4, 0.5) is 5.69 Å². The summed E-state index contributed by atoms with van der Waals surface area (Å²) in [5, 5.41) is 2.75. The second-order valence-electron chi connectivity index (χ2n) is 4.86. The van der Waals surface area contributed by atoms with Gasteiger partial charge in [0.1, 0.15) is 0 Å².